The normalized spacial score (nSPS) is 10.5. The average molecular weight is 355 g/mol. The van der Waals surface area contributed by atoms with Crippen molar-refractivity contribution in [3.63, 3.8) is 0 Å². The molecule has 1 heterocycles. The van der Waals surface area contributed by atoms with Crippen LogP contribution in [0.4, 0.5) is 4.39 Å². The number of ether oxygens (including phenoxy) is 3. The van der Waals surface area contributed by atoms with Gasteiger partial charge >= 0.3 is 0 Å². The first kappa shape index (κ1) is 17.5. The number of methoxy groups -OCH3 is 3. The van der Waals surface area contributed by atoms with E-state index in [1.54, 1.807) is 24.5 Å². The monoisotopic (exact) mass is 355 g/mol. The minimum absolute atomic E-state index is 0.213. The maximum absolute atomic E-state index is 13.1. The van der Waals surface area contributed by atoms with Crippen molar-refractivity contribution in [2.24, 2.45) is 0 Å². The van der Waals surface area contributed by atoms with E-state index in [0.29, 0.717) is 33.9 Å². The molecular weight excluding hydrogens is 337 g/mol. The molecule has 0 unspecified atom stereocenters. The Balaban J connectivity index is 2.08. The zero-order chi connectivity index (χ0) is 18.7. The van der Waals surface area contributed by atoms with Gasteiger partial charge in [0, 0.05) is 29.1 Å². The Bertz CT molecular complexity index is 906. The Labute approximate surface area is 150 Å². The standard InChI is InChI=1S/C20H18FNO4/c1-24-17-8-13(9-18(25-2)20(17)26-3)15-10-22-11-16(15)19(23)12-4-6-14(21)7-5-12/h4-11,22H,1-3H3. The topological polar surface area (TPSA) is 60.6 Å². The number of carbonyl (C=O) groups excluding carboxylic acids is 1. The van der Waals surface area contributed by atoms with Crippen LogP contribution in [0.3, 0.4) is 0 Å². The molecule has 26 heavy (non-hydrogen) atoms. The number of benzene rings is 2. The molecule has 3 aromatic rings. The average Bonchev–Trinajstić information content (AvgIpc) is 3.16. The summed E-state index contributed by atoms with van der Waals surface area (Å²) in [5.74, 6) is 0.850. The molecule has 0 aliphatic heterocycles. The first-order chi connectivity index (χ1) is 12.6. The Morgan fingerprint density at radius 2 is 1.54 bits per heavy atom. The number of hydrogen-bond donors (Lipinski definition) is 1. The van der Waals surface area contributed by atoms with Gasteiger partial charge in [-0.05, 0) is 42.0 Å². The van der Waals surface area contributed by atoms with E-state index >= 15 is 0 Å². The molecule has 0 aliphatic carbocycles. The van der Waals surface area contributed by atoms with Gasteiger partial charge < -0.3 is 19.2 Å². The highest BCUT2D eigenvalue weighted by Crippen LogP contribution is 2.42. The highest BCUT2D eigenvalue weighted by Gasteiger charge is 2.20. The molecule has 0 saturated heterocycles. The van der Waals surface area contributed by atoms with Gasteiger partial charge in [0.05, 0.1) is 21.3 Å². The molecule has 2 aromatic carbocycles. The van der Waals surface area contributed by atoms with Crippen molar-refractivity contribution < 1.29 is 23.4 Å². The third kappa shape index (κ3) is 3.13. The van der Waals surface area contributed by atoms with Crippen LogP contribution in [0.25, 0.3) is 11.1 Å². The van der Waals surface area contributed by atoms with Gasteiger partial charge in [0.15, 0.2) is 17.3 Å². The van der Waals surface area contributed by atoms with Crippen molar-refractivity contribution in [1.29, 1.82) is 0 Å². The SMILES string of the molecule is COc1cc(-c2c[nH]cc2C(=O)c2ccc(F)cc2)cc(OC)c1OC. The quantitative estimate of drug-likeness (QED) is 0.677. The van der Waals surface area contributed by atoms with E-state index < -0.39 is 0 Å². The maximum Gasteiger partial charge on any atom is 0.203 e. The molecule has 0 atom stereocenters. The van der Waals surface area contributed by atoms with E-state index in [1.807, 2.05) is 0 Å². The largest absolute Gasteiger partial charge is 0.493 e. The summed E-state index contributed by atoms with van der Waals surface area (Å²) in [4.78, 5) is 15.8. The number of nitrogens with one attached hydrogen (secondary N) is 1. The molecule has 6 heteroatoms. The van der Waals surface area contributed by atoms with Crippen LogP contribution in [0, 0.1) is 5.82 Å². The number of H-pyrrole nitrogens is 1. The predicted molar refractivity (Wildman–Crippen MR) is 95.7 cm³/mol. The van der Waals surface area contributed by atoms with Crippen molar-refractivity contribution in [2.75, 3.05) is 21.3 Å². The number of aromatic nitrogens is 1. The van der Waals surface area contributed by atoms with Gasteiger partial charge in [-0.25, -0.2) is 4.39 Å². The summed E-state index contributed by atoms with van der Waals surface area (Å²) in [6.45, 7) is 0. The summed E-state index contributed by atoms with van der Waals surface area (Å²) in [6, 6.07) is 8.99. The molecule has 0 fully saturated rings. The molecule has 3 rings (SSSR count). The second kappa shape index (κ2) is 7.31. The van der Waals surface area contributed by atoms with Gasteiger partial charge in [-0.2, -0.15) is 0 Å². The molecule has 0 saturated carbocycles. The summed E-state index contributed by atoms with van der Waals surface area (Å²) in [5, 5.41) is 0. The number of rotatable bonds is 6. The van der Waals surface area contributed by atoms with Gasteiger partial charge in [-0.1, -0.05) is 0 Å². The number of hydrogen-bond acceptors (Lipinski definition) is 4. The number of aromatic amines is 1. The van der Waals surface area contributed by atoms with Gasteiger partial charge in [-0.15, -0.1) is 0 Å². The lowest BCUT2D eigenvalue weighted by molar-refractivity contribution is 0.103. The van der Waals surface area contributed by atoms with Crippen molar-refractivity contribution in [3.05, 3.63) is 65.7 Å². The molecule has 1 aromatic heterocycles. The Hall–Kier alpha value is -3.28. The number of carbonyl (C=O) groups is 1. The second-order valence-corrected chi connectivity index (χ2v) is 5.53. The number of halogens is 1. The molecule has 0 aliphatic rings. The molecule has 5 nitrogen and oxygen atoms in total. The van der Waals surface area contributed by atoms with Crippen molar-refractivity contribution in [2.45, 2.75) is 0 Å². The van der Waals surface area contributed by atoms with Crippen LogP contribution >= 0.6 is 0 Å². The molecule has 0 bridgehead atoms. The highest BCUT2D eigenvalue weighted by molar-refractivity contribution is 6.12. The minimum atomic E-state index is -0.388. The van der Waals surface area contributed by atoms with Gasteiger partial charge in [0.2, 0.25) is 5.75 Å². The van der Waals surface area contributed by atoms with Crippen molar-refractivity contribution >= 4 is 5.78 Å². The van der Waals surface area contributed by atoms with Crippen LogP contribution in [0.5, 0.6) is 17.2 Å². The van der Waals surface area contributed by atoms with E-state index in [4.69, 9.17) is 14.2 Å². The van der Waals surface area contributed by atoms with Crippen LogP contribution in [-0.2, 0) is 0 Å². The van der Waals surface area contributed by atoms with E-state index in [9.17, 15) is 9.18 Å². The fraction of sp³-hybridized carbons (Fsp3) is 0.150. The van der Waals surface area contributed by atoms with Crippen LogP contribution < -0.4 is 14.2 Å². The number of ketones is 1. The zero-order valence-electron chi connectivity index (χ0n) is 14.6. The third-order valence-electron chi connectivity index (χ3n) is 4.07. The Morgan fingerprint density at radius 1 is 0.923 bits per heavy atom. The Morgan fingerprint density at radius 3 is 2.08 bits per heavy atom. The summed E-state index contributed by atoms with van der Waals surface area (Å²) < 4.78 is 29.2. The molecule has 0 radical (unpaired) electrons. The van der Waals surface area contributed by atoms with Gasteiger partial charge in [0.1, 0.15) is 5.82 Å². The molecule has 0 spiro atoms. The first-order valence-electron chi connectivity index (χ1n) is 7.86. The fourth-order valence-electron chi connectivity index (χ4n) is 2.78. The molecule has 134 valence electrons. The summed E-state index contributed by atoms with van der Waals surface area (Å²) in [7, 11) is 4.59. The third-order valence-corrected chi connectivity index (χ3v) is 4.07. The first-order valence-corrected chi connectivity index (χ1v) is 7.86. The Kier molecular flexibility index (Phi) is 4.93. The van der Waals surface area contributed by atoms with Gasteiger partial charge in [-0.3, -0.25) is 4.79 Å². The second-order valence-electron chi connectivity index (χ2n) is 5.53. The lowest BCUT2D eigenvalue weighted by atomic mass is 9.97. The van der Waals surface area contributed by atoms with E-state index in [0.717, 1.165) is 5.56 Å². The smallest absolute Gasteiger partial charge is 0.203 e. The zero-order valence-corrected chi connectivity index (χ0v) is 14.6. The maximum atomic E-state index is 13.1. The molecule has 1 N–H and O–H groups in total. The van der Waals surface area contributed by atoms with Crippen molar-refractivity contribution in [3.8, 4) is 28.4 Å². The lowest BCUT2D eigenvalue weighted by Crippen LogP contribution is -2.02. The van der Waals surface area contributed by atoms with E-state index in [-0.39, 0.29) is 11.6 Å². The fourth-order valence-corrected chi connectivity index (χ4v) is 2.78. The van der Waals surface area contributed by atoms with E-state index in [2.05, 4.69) is 4.98 Å². The van der Waals surface area contributed by atoms with Gasteiger partial charge in [0.25, 0.3) is 0 Å². The van der Waals surface area contributed by atoms with Crippen LogP contribution in [0.1, 0.15) is 15.9 Å². The summed E-state index contributed by atoms with van der Waals surface area (Å²) in [5.41, 5.74) is 2.27. The molecule has 0 amide bonds. The highest BCUT2D eigenvalue weighted by atomic mass is 19.1. The predicted octanol–water partition coefficient (Wildman–Crippen LogP) is 4.08. The van der Waals surface area contributed by atoms with Crippen LogP contribution in [0.15, 0.2) is 48.8 Å². The van der Waals surface area contributed by atoms with E-state index in [1.165, 1.54) is 45.6 Å². The summed E-state index contributed by atoms with van der Waals surface area (Å²) in [6.07, 6.45) is 3.33. The minimum Gasteiger partial charge on any atom is -0.493 e. The van der Waals surface area contributed by atoms with Crippen molar-refractivity contribution in [1.82, 2.24) is 4.98 Å². The summed E-state index contributed by atoms with van der Waals surface area (Å²) >= 11 is 0. The van der Waals surface area contributed by atoms with Crippen LogP contribution in [-0.4, -0.2) is 32.1 Å². The van der Waals surface area contributed by atoms with Crippen LogP contribution in [0.2, 0.25) is 0 Å². The molecular formula is C20H18FNO4. The lowest BCUT2D eigenvalue weighted by Gasteiger charge is -2.14.